The Morgan fingerprint density at radius 3 is 2.12 bits per heavy atom. The largest absolute Gasteiger partial charge is 0.493 e. The summed E-state index contributed by atoms with van der Waals surface area (Å²) in [7, 11) is 0. The van der Waals surface area contributed by atoms with E-state index in [0.717, 1.165) is 25.0 Å². The van der Waals surface area contributed by atoms with Gasteiger partial charge < -0.3 is 20.1 Å². The molecule has 5 unspecified atom stereocenters. The highest BCUT2D eigenvalue weighted by molar-refractivity contribution is 5.07. The van der Waals surface area contributed by atoms with Crippen molar-refractivity contribution in [3.8, 4) is 0 Å². The lowest BCUT2D eigenvalue weighted by Crippen LogP contribution is -2.54. The van der Waals surface area contributed by atoms with E-state index in [9.17, 15) is 15.3 Å². The lowest BCUT2D eigenvalue weighted by molar-refractivity contribution is -0.143. The minimum atomic E-state index is -0.648. The molecule has 0 aromatic carbocycles. The van der Waals surface area contributed by atoms with Crippen LogP contribution in [-0.4, -0.2) is 39.7 Å². The van der Waals surface area contributed by atoms with Gasteiger partial charge in [0, 0.05) is 12.5 Å². The molecule has 3 N–H and O–H groups in total. The Kier molecular flexibility index (Phi) is 6.61. The van der Waals surface area contributed by atoms with E-state index in [1.165, 1.54) is 0 Å². The van der Waals surface area contributed by atoms with E-state index in [-0.39, 0.29) is 30.0 Å². The van der Waals surface area contributed by atoms with Crippen molar-refractivity contribution in [2.45, 2.75) is 78.1 Å². The average Bonchev–Trinajstić information content (AvgIpc) is 2.52. The molecule has 25 heavy (non-hydrogen) atoms. The van der Waals surface area contributed by atoms with Crippen molar-refractivity contribution < 1.29 is 20.1 Å². The Morgan fingerprint density at radius 1 is 1.04 bits per heavy atom. The van der Waals surface area contributed by atoms with E-state index in [4.69, 9.17) is 4.74 Å². The fraction of sp³-hybridized carbons (Fsp3) is 0.905. The van der Waals surface area contributed by atoms with Crippen LogP contribution in [0.2, 0.25) is 0 Å². The van der Waals surface area contributed by atoms with Gasteiger partial charge in [0.1, 0.15) is 5.60 Å². The van der Waals surface area contributed by atoms with Crippen molar-refractivity contribution in [3.63, 3.8) is 0 Å². The number of ether oxygens (including phenoxy) is 1. The third-order valence-corrected chi connectivity index (χ3v) is 6.54. The number of hydrogen-bond acceptors (Lipinski definition) is 4. The predicted octanol–water partition coefficient (Wildman–Crippen LogP) is 3.35. The van der Waals surface area contributed by atoms with Gasteiger partial charge in [-0.25, -0.2) is 0 Å². The lowest BCUT2D eigenvalue weighted by atomic mass is 9.52. The van der Waals surface area contributed by atoms with Gasteiger partial charge in [0.05, 0.1) is 18.0 Å². The molecule has 0 spiro atoms. The second-order valence-corrected chi connectivity index (χ2v) is 9.14. The second kappa shape index (κ2) is 7.98. The highest BCUT2D eigenvalue weighted by Crippen LogP contribution is 2.54. The van der Waals surface area contributed by atoms with Crippen LogP contribution in [0.3, 0.4) is 0 Å². The number of hydrogen-bond donors (Lipinski definition) is 3. The molecule has 4 nitrogen and oxygen atoms in total. The second-order valence-electron chi connectivity index (χ2n) is 9.14. The van der Waals surface area contributed by atoms with Gasteiger partial charge in [-0.05, 0) is 63.2 Å². The normalized spacial score (nSPS) is 41.9. The Morgan fingerprint density at radius 2 is 1.64 bits per heavy atom. The third kappa shape index (κ3) is 4.23. The topological polar surface area (TPSA) is 69.9 Å². The van der Waals surface area contributed by atoms with Crippen molar-refractivity contribution in [2.75, 3.05) is 6.61 Å². The third-order valence-electron chi connectivity index (χ3n) is 6.54. The smallest absolute Gasteiger partial charge is 0.100 e. The van der Waals surface area contributed by atoms with Crippen LogP contribution in [0.15, 0.2) is 12.3 Å². The van der Waals surface area contributed by atoms with Crippen LogP contribution >= 0.6 is 0 Å². The van der Waals surface area contributed by atoms with E-state index in [1.54, 1.807) is 0 Å². The molecule has 0 aliphatic heterocycles. The number of fused-ring (bicyclic) bond motifs is 1. The summed E-state index contributed by atoms with van der Waals surface area (Å²) in [5, 5.41) is 31.0. The first-order valence-electron chi connectivity index (χ1n) is 9.99. The maximum Gasteiger partial charge on any atom is 0.100 e. The van der Waals surface area contributed by atoms with Crippen LogP contribution in [0.25, 0.3) is 0 Å². The van der Waals surface area contributed by atoms with Gasteiger partial charge in [-0.1, -0.05) is 33.3 Å². The van der Waals surface area contributed by atoms with Crippen LogP contribution < -0.4 is 0 Å². The zero-order chi connectivity index (χ0) is 18.9. The van der Waals surface area contributed by atoms with Crippen LogP contribution in [0, 0.1) is 35.5 Å². The number of aliphatic hydroxyl groups excluding tert-OH is 3. The highest BCUT2D eigenvalue weighted by Gasteiger charge is 2.52. The van der Waals surface area contributed by atoms with Crippen LogP contribution in [0.4, 0.5) is 0 Å². The SMILES string of the molecule is C=C(OC(C)(C)C)C1CC2C[C@H](O)[C@H](O)C(CC)C2C(CC)[C@H]1CO. The molecule has 0 bridgehead atoms. The summed E-state index contributed by atoms with van der Waals surface area (Å²) in [6, 6.07) is 0. The molecule has 8 atom stereocenters. The van der Waals surface area contributed by atoms with Gasteiger partial charge in [0.2, 0.25) is 0 Å². The van der Waals surface area contributed by atoms with Crippen molar-refractivity contribution in [2.24, 2.45) is 35.5 Å². The summed E-state index contributed by atoms with van der Waals surface area (Å²) in [4.78, 5) is 0. The first-order valence-corrected chi connectivity index (χ1v) is 9.99. The molecule has 146 valence electrons. The molecule has 0 heterocycles. The Labute approximate surface area is 153 Å². The fourth-order valence-electron chi connectivity index (χ4n) is 5.66. The maximum absolute atomic E-state index is 10.5. The number of aliphatic hydroxyl groups is 3. The Bertz CT molecular complexity index is 455. The first kappa shape index (κ1) is 20.7. The molecular weight excluding hydrogens is 316 g/mol. The van der Waals surface area contributed by atoms with Crippen molar-refractivity contribution >= 4 is 0 Å². The molecule has 2 aliphatic rings. The van der Waals surface area contributed by atoms with Gasteiger partial charge in [-0.2, -0.15) is 0 Å². The average molecular weight is 355 g/mol. The molecule has 0 amide bonds. The number of rotatable bonds is 5. The van der Waals surface area contributed by atoms with Crippen LogP contribution in [0.5, 0.6) is 0 Å². The summed E-state index contributed by atoms with van der Waals surface area (Å²) in [6.45, 7) is 14.6. The Balaban J connectivity index is 2.31. The minimum Gasteiger partial charge on any atom is -0.493 e. The summed E-state index contributed by atoms with van der Waals surface area (Å²) >= 11 is 0. The monoisotopic (exact) mass is 354 g/mol. The molecule has 2 saturated carbocycles. The summed E-state index contributed by atoms with van der Waals surface area (Å²) in [5.41, 5.74) is -0.302. The predicted molar refractivity (Wildman–Crippen MR) is 99.8 cm³/mol. The zero-order valence-corrected chi connectivity index (χ0v) is 16.6. The van der Waals surface area contributed by atoms with Gasteiger partial charge in [-0.3, -0.25) is 0 Å². The zero-order valence-electron chi connectivity index (χ0n) is 16.6. The highest BCUT2D eigenvalue weighted by atomic mass is 16.5. The van der Waals surface area contributed by atoms with E-state index in [1.807, 2.05) is 20.8 Å². The van der Waals surface area contributed by atoms with E-state index < -0.39 is 12.2 Å². The molecule has 2 fully saturated rings. The molecule has 0 aromatic heterocycles. The van der Waals surface area contributed by atoms with Crippen LogP contribution in [0.1, 0.15) is 60.3 Å². The van der Waals surface area contributed by atoms with Crippen molar-refractivity contribution in [1.82, 2.24) is 0 Å². The molecular formula is C21H38O4. The molecule has 0 radical (unpaired) electrons. The molecule has 4 heteroatoms. The van der Waals surface area contributed by atoms with E-state index in [0.29, 0.717) is 24.2 Å². The first-order chi connectivity index (χ1) is 11.6. The van der Waals surface area contributed by atoms with Gasteiger partial charge in [0.15, 0.2) is 0 Å². The summed E-state index contributed by atoms with van der Waals surface area (Å²) in [5.74, 6) is 2.10. The fourth-order valence-corrected chi connectivity index (χ4v) is 5.66. The summed E-state index contributed by atoms with van der Waals surface area (Å²) in [6.07, 6.45) is 2.04. The maximum atomic E-state index is 10.5. The molecule has 0 aromatic rings. The van der Waals surface area contributed by atoms with Gasteiger partial charge >= 0.3 is 0 Å². The lowest BCUT2D eigenvalue weighted by Gasteiger charge is -2.54. The van der Waals surface area contributed by atoms with Crippen molar-refractivity contribution in [1.29, 1.82) is 0 Å². The molecule has 2 rings (SSSR count). The molecule has 0 saturated heterocycles. The quantitative estimate of drug-likeness (QED) is 0.662. The van der Waals surface area contributed by atoms with E-state index >= 15 is 0 Å². The summed E-state index contributed by atoms with van der Waals surface area (Å²) < 4.78 is 6.07. The standard InChI is InChI=1S/C21H38O4/c1-7-14-17(11-22)16(12(3)25-21(4,5)6)9-13-10-18(23)20(24)15(8-2)19(13)14/h13-20,22-24H,3,7-11H2,1-2,4-6H3/t13?,14?,15?,16?,17-,18+,19?,20-/m1/s1. The molecule has 2 aliphatic carbocycles. The van der Waals surface area contributed by atoms with E-state index in [2.05, 4.69) is 20.4 Å². The van der Waals surface area contributed by atoms with Crippen molar-refractivity contribution in [3.05, 3.63) is 12.3 Å². The minimum absolute atomic E-state index is 0.102. The Hall–Kier alpha value is -0.580. The van der Waals surface area contributed by atoms with Gasteiger partial charge in [0.25, 0.3) is 0 Å². The van der Waals surface area contributed by atoms with Gasteiger partial charge in [-0.15, -0.1) is 0 Å². The number of allylic oxidation sites excluding steroid dienone is 1. The van der Waals surface area contributed by atoms with Crippen LogP contribution in [-0.2, 0) is 4.74 Å².